The van der Waals surface area contributed by atoms with Gasteiger partial charge < -0.3 is 10.1 Å². The molecule has 0 radical (unpaired) electrons. The molecule has 2 unspecified atom stereocenters. The van der Waals surface area contributed by atoms with Crippen molar-refractivity contribution in [3.63, 3.8) is 0 Å². The highest BCUT2D eigenvalue weighted by Crippen LogP contribution is 2.30. The monoisotopic (exact) mass is 213 g/mol. The Kier molecular flexibility index (Phi) is 6.26. The van der Waals surface area contributed by atoms with Gasteiger partial charge in [0, 0.05) is 13.2 Å². The van der Waals surface area contributed by atoms with Crippen molar-refractivity contribution in [1.29, 1.82) is 0 Å². The summed E-state index contributed by atoms with van der Waals surface area (Å²) in [6.45, 7) is 5.50. The van der Waals surface area contributed by atoms with Crippen molar-refractivity contribution >= 4 is 0 Å². The van der Waals surface area contributed by atoms with Crippen molar-refractivity contribution in [3.8, 4) is 0 Å². The van der Waals surface area contributed by atoms with E-state index in [1.807, 2.05) is 7.11 Å². The van der Waals surface area contributed by atoms with Crippen molar-refractivity contribution in [3.05, 3.63) is 0 Å². The second kappa shape index (κ2) is 7.24. The Morgan fingerprint density at radius 2 is 1.93 bits per heavy atom. The fraction of sp³-hybridized carbons (Fsp3) is 1.00. The van der Waals surface area contributed by atoms with Gasteiger partial charge in [-0.05, 0) is 31.7 Å². The molecule has 0 bridgehead atoms. The first-order valence-electron chi connectivity index (χ1n) is 6.59. The largest absolute Gasteiger partial charge is 0.380 e. The summed E-state index contributed by atoms with van der Waals surface area (Å²) < 4.78 is 5.66. The van der Waals surface area contributed by atoms with E-state index in [0.717, 1.165) is 12.5 Å². The molecule has 1 saturated carbocycles. The van der Waals surface area contributed by atoms with Crippen LogP contribution in [0.2, 0.25) is 0 Å². The standard InChI is InChI=1S/C13H27NO/c1-4-8-12(15-3)13(14-5-2)11-9-6-7-10-11/h11-14H,4-10H2,1-3H3. The molecule has 1 N–H and O–H groups in total. The van der Waals surface area contributed by atoms with Crippen LogP contribution in [0.5, 0.6) is 0 Å². The molecule has 2 nitrogen and oxygen atoms in total. The molecule has 0 aromatic carbocycles. The first-order chi connectivity index (χ1) is 7.33. The van der Waals surface area contributed by atoms with E-state index in [1.165, 1.54) is 38.5 Å². The van der Waals surface area contributed by atoms with Crippen LogP contribution >= 0.6 is 0 Å². The van der Waals surface area contributed by atoms with Crippen LogP contribution in [0, 0.1) is 5.92 Å². The molecule has 0 amide bonds. The number of likely N-dealkylation sites (N-methyl/N-ethyl adjacent to an activating group) is 1. The molecule has 0 aromatic rings. The topological polar surface area (TPSA) is 21.3 Å². The van der Waals surface area contributed by atoms with Gasteiger partial charge in [0.25, 0.3) is 0 Å². The van der Waals surface area contributed by atoms with Crippen molar-refractivity contribution < 1.29 is 4.74 Å². The molecule has 0 aliphatic heterocycles. The third kappa shape index (κ3) is 3.76. The maximum absolute atomic E-state index is 5.66. The number of nitrogens with one attached hydrogen (secondary N) is 1. The molecule has 2 heteroatoms. The first-order valence-corrected chi connectivity index (χ1v) is 6.59. The second-order valence-corrected chi connectivity index (χ2v) is 4.69. The minimum absolute atomic E-state index is 0.415. The molecule has 1 aliphatic carbocycles. The SMILES string of the molecule is CCCC(OC)C(NCC)C1CCCC1. The summed E-state index contributed by atoms with van der Waals surface area (Å²) >= 11 is 0. The third-order valence-electron chi connectivity index (χ3n) is 3.62. The van der Waals surface area contributed by atoms with E-state index in [4.69, 9.17) is 4.74 Å². The first kappa shape index (κ1) is 13.0. The lowest BCUT2D eigenvalue weighted by Crippen LogP contribution is -2.45. The van der Waals surface area contributed by atoms with Gasteiger partial charge in [0.15, 0.2) is 0 Å². The zero-order valence-corrected chi connectivity index (χ0v) is 10.6. The van der Waals surface area contributed by atoms with Gasteiger partial charge >= 0.3 is 0 Å². The Morgan fingerprint density at radius 3 is 2.40 bits per heavy atom. The zero-order chi connectivity index (χ0) is 11.1. The Bertz CT molecular complexity index is 155. The minimum atomic E-state index is 0.415. The van der Waals surface area contributed by atoms with E-state index in [1.54, 1.807) is 0 Å². The summed E-state index contributed by atoms with van der Waals surface area (Å²) in [5.74, 6) is 0.849. The molecule has 0 aromatic heterocycles. The van der Waals surface area contributed by atoms with Crippen molar-refractivity contribution in [2.75, 3.05) is 13.7 Å². The van der Waals surface area contributed by atoms with Gasteiger partial charge in [0.1, 0.15) is 0 Å². The average molecular weight is 213 g/mol. The summed E-state index contributed by atoms with van der Waals surface area (Å²) in [6.07, 6.45) is 8.42. The highest BCUT2D eigenvalue weighted by Gasteiger charge is 2.30. The number of hydrogen-bond acceptors (Lipinski definition) is 2. The third-order valence-corrected chi connectivity index (χ3v) is 3.62. The normalized spacial score (nSPS) is 21.8. The summed E-state index contributed by atoms with van der Waals surface area (Å²) in [6, 6.07) is 0.586. The zero-order valence-electron chi connectivity index (χ0n) is 10.6. The van der Waals surface area contributed by atoms with Crippen molar-refractivity contribution in [1.82, 2.24) is 5.32 Å². The Labute approximate surface area is 94.8 Å². The van der Waals surface area contributed by atoms with E-state index in [9.17, 15) is 0 Å². The molecule has 1 aliphatic rings. The predicted octanol–water partition coefficient (Wildman–Crippen LogP) is 2.97. The van der Waals surface area contributed by atoms with Gasteiger partial charge in [-0.3, -0.25) is 0 Å². The molecular weight excluding hydrogens is 186 g/mol. The number of rotatable bonds is 7. The lowest BCUT2D eigenvalue weighted by Gasteiger charge is -2.31. The van der Waals surface area contributed by atoms with Crippen LogP contribution in [0.15, 0.2) is 0 Å². The van der Waals surface area contributed by atoms with Gasteiger partial charge in [-0.1, -0.05) is 33.1 Å². The lowest BCUT2D eigenvalue weighted by molar-refractivity contribution is 0.0419. The van der Waals surface area contributed by atoms with Crippen LogP contribution in [-0.2, 0) is 4.74 Å². The van der Waals surface area contributed by atoms with Gasteiger partial charge in [0.05, 0.1) is 6.10 Å². The summed E-state index contributed by atoms with van der Waals surface area (Å²) in [5.41, 5.74) is 0. The summed E-state index contributed by atoms with van der Waals surface area (Å²) in [5, 5.41) is 3.64. The Morgan fingerprint density at radius 1 is 1.27 bits per heavy atom. The van der Waals surface area contributed by atoms with Crippen LogP contribution in [-0.4, -0.2) is 25.8 Å². The number of hydrogen-bond donors (Lipinski definition) is 1. The number of methoxy groups -OCH3 is 1. The van der Waals surface area contributed by atoms with Crippen LogP contribution < -0.4 is 5.32 Å². The second-order valence-electron chi connectivity index (χ2n) is 4.69. The van der Waals surface area contributed by atoms with Crippen LogP contribution in [0.4, 0.5) is 0 Å². The molecule has 1 fully saturated rings. The van der Waals surface area contributed by atoms with Crippen LogP contribution in [0.25, 0.3) is 0 Å². The van der Waals surface area contributed by atoms with Gasteiger partial charge in [0.2, 0.25) is 0 Å². The maximum Gasteiger partial charge on any atom is 0.0726 e. The Hall–Kier alpha value is -0.0800. The highest BCUT2D eigenvalue weighted by molar-refractivity contribution is 4.86. The van der Waals surface area contributed by atoms with Crippen LogP contribution in [0.1, 0.15) is 52.4 Å². The summed E-state index contributed by atoms with van der Waals surface area (Å²) in [7, 11) is 1.86. The van der Waals surface area contributed by atoms with E-state index in [-0.39, 0.29) is 0 Å². The summed E-state index contributed by atoms with van der Waals surface area (Å²) in [4.78, 5) is 0. The fourth-order valence-corrected chi connectivity index (χ4v) is 2.88. The molecule has 15 heavy (non-hydrogen) atoms. The minimum Gasteiger partial charge on any atom is -0.380 e. The van der Waals surface area contributed by atoms with Crippen molar-refractivity contribution in [2.24, 2.45) is 5.92 Å². The molecule has 0 heterocycles. The van der Waals surface area contributed by atoms with E-state index in [0.29, 0.717) is 12.1 Å². The molecular formula is C13H27NO. The van der Waals surface area contributed by atoms with Gasteiger partial charge in [-0.25, -0.2) is 0 Å². The van der Waals surface area contributed by atoms with Crippen LogP contribution in [0.3, 0.4) is 0 Å². The highest BCUT2D eigenvalue weighted by atomic mass is 16.5. The van der Waals surface area contributed by atoms with E-state index in [2.05, 4.69) is 19.2 Å². The van der Waals surface area contributed by atoms with Gasteiger partial charge in [-0.15, -0.1) is 0 Å². The van der Waals surface area contributed by atoms with E-state index < -0.39 is 0 Å². The smallest absolute Gasteiger partial charge is 0.0726 e. The average Bonchev–Trinajstić information content (AvgIpc) is 2.76. The van der Waals surface area contributed by atoms with Gasteiger partial charge in [-0.2, -0.15) is 0 Å². The maximum atomic E-state index is 5.66. The molecule has 0 saturated heterocycles. The fourth-order valence-electron chi connectivity index (χ4n) is 2.88. The lowest BCUT2D eigenvalue weighted by atomic mass is 9.91. The Balaban J connectivity index is 2.52. The quantitative estimate of drug-likeness (QED) is 0.702. The molecule has 1 rings (SSSR count). The molecule has 0 spiro atoms. The van der Waals surface area contributed by atoms with Crippen molar-refractivity contribution in [2.45, 2.75) is 64.5 Å². The number of ether oxygens (including phenoxy) is 1. The predicted molar refractivity (Wildman–Crippen MR) is 65.1 cm³/mol. The molecule has 2 atom stereocenters. The molecule has 90 valence electrons. The van der Waals surface area contributed by atoms with E-state index >= 15 is 0 Å².